The third-order valence-electron chi connectivity index (χ3n) is 3.28. The summed E-state index contributed by atoms with van der Waals surface area (Å²) in [6, 6.07) is 5.22. The number of anilines is 1. The van der Waals surface area contributed by atoms with Crippen molar-refractivity contribution in [1.82, 2.24) is 4.98 Å². The Kier molecular flexibility index (Phi) is 6.20. The monoisotopic (exact) mass is 288 g/mol. The zero-order chi connectivity index (χ0) is 14.9. The normalized spacial score (nSPS) is 17.7. The van der Waals surface area contributed by atoms with Gasteiger partial charge in [0, 0.05) is 13.0 Å². The van der Waals surface area contributed by atoms with Crippen LogP contribution < -0.4 is 5.32 Å². The topological polar surface area (TPSA) is 71.5 Å². The van der Waals surface area contributed by atoms with Crippen molar-refractivity contribution in [1.29, 1.82) is 0 Å². The van der Waals surface area contributed by atoms with Crippen LogP contribution in [0.25, 0.3) is 0 Å². The van der Waals surface area contributed by atoms with Gasteiger partial charge in [0.15, 0.2) is 0 Å². The molecule has 0 aliphatic carbocycles. The molecule has 0 spiro atoms. The van der Waals surface area contributed by atoms with E-state index in [1.165, 1.54) is 6.42 Å². The van der Waals surface area contributed by atoms with E-state index in [2.05, 4.69) is 22.1 Å². The number of ether oxygens (including phenoxy) is 1. The lowest BCUT2D eigenvalue weighted by Crippen LogP contribution is -2.22. The average Bonchev–Trinajstić information content (AvgIpc) is 2.52. The first-order valence-corrected chi connectivity index (χ1v) is 7.26. The van der Waals surface area contributed by atoms with Gasteiger partial charge < -0.3 is 15.2 Å². The largest absolute Gasteiger partial charge is 0.384 e. The van der Waals surface area contributed by atoms with Gasteiger partial charge in [0.2, 0.25) is 5.91 Å². The van der Waals surface area contributed by atoms with Crippen LogP contribution in [-0.4, -0.2) is 35.3 Å². The van der Waals surface area contributed by atoms with E-state index in [9.17, 15) is 4.79 Å². The van der Waals surface area contributed by atoms with Crippen LogP contribution in [0.5, 0.6) is 0 Å². The number of aliphatic hydroxyl groups is 1. The number of rotatable bonds is 4. The Labute approximate surface area is 124 Å². The van der Waals surface area contributed by atoms with Gasteiger partial charge in [-0.15, -0.1) is 0 Å². The second kappa shape index (κ2) is 8.40. The van der Waals surface area contributed by atoms with E-state index >= 15 is 0 Å². The summed E-state index contributed by atoms with van der Waals surface area (Å²) < 4.78 is 5.60. The standard InChI is InChI=1S/C16H20N2O3/c19-11-4-6-13-5-3-8-15(17-13)18-16(20)10-9-14-7-1-2-12-21-14/h3,5,8,14,19H,1-2,7,9-12H2,(H,17,18,20). The van der Waals surface area contributed by atoms with Gasteiger partial charge in [-0.25, -0.2) is 4.98 Å². The molecule has 1 saturated heterocycles. The molecule has 1 fully saturated rings. The molecular formula is C16H20N2O3. The number of hydrogen-bond acceptors (Lipinski definition) is 4. The molecule has 1 atom stereocenters. The molecule has 2 N–H and O–H groups in total. The van der Waals surface area contributed by atoms with Crippen molar-refractivity contribution in [2.45, 2.75) is 38.2 Å². The van der Waals surface area contributed by atoms with Crippen LogP contribution in [0.1, 0.15) is 37.8 Å². The van der Waals surface area contributed by atoms with Crippen molar-refractivity contribution in [3.05, 3.63) is 23.9 Å². The van der Waals surface area contributed by atoms with Crippen molar-refractivity contribution in [2.75, 3.05) is 18.5 Å². The number of carbonyl (C=O) groups excluding carboxylic acids is 1. The number of hydrogen-bond donors (Lipinski definition) is 2. The molecule has 1 amide bonds. The zero-order valence-corrected chi connectivity index (χ0v) is 12.0. The van der Waals surface area contributed by atoms with Crippen LogP contribution in [0.2, 0.25) is 0 Å². The zero-order valence-electron chi connectivity index (χ0n) is 12.0. The number of pyridine rings is 1. The number of aliphatic hydroxyl groups excluding tert-OH is 1. The summed E-state index contributed by atoms with van der Waals surface area (Å²) in [5.41, 5.74) is 0.525. The SMILES string of the molecule is O=C(CCC1CCCCO1)Nc1cccc(C#CCO)n1. The van der Waals surface area contributed by atoms with Gasteiger partial charge in [-0.05, 0) is 43.7 Å². The first-order valence-electron chi connectivity index (χ1n) is 7.26. The molecule has 5 heteroatoms. The summed E-state index contributed by atoms with van der Waals surface area (Å²) >= 11 is 0. The highest BCUT2D eigenvalue weighted by Gasteiger charge is 2.15. The number of carbonyl (C=O) groups is 1. The van der Waals surface area contributed by atoms with Crippen LogP contribution in [-0.2, 0) is 9.53 Å². The highest BCUT2D eigenvalue weighted by Crippen LogP contribution is 2.17. The second-order valence-corrected chi connectivity index (χ2v) is 4.94. The van der Waals surface area contributed by atoms with Crippen molar-refractivity contribution in [3.63, 3.8) is 0 Å². The predicted octanol–water partition coefficient (Wildman–Crippen LogP) is 1.71. The van der Waals surface area contributed by atoms with Crippen molar-refractivity contribution in [2.24, 2.45) is 0 Å². The Balaban J connectivity index is 1.81. The summed E-state index contributed by atoms with van der Waals surface area (Å²) in [7, 11) is 0. The average molecular weight is 288 g/mol. The fourth-order valence-corrected chi connectivity index (χ4v) is 2.24. The first kappa shape index (κ1) is 15.5. The Bertz CT molecular complexity index is 528. The van der Waals surface area contributed by atoms with E-state index < -0.39 is 0 Å². The minimum Gasteiger partial charge on any atom is -0.384 e. The minimum absolute atomic E-state index is 0.0658. The minimum atomic E-state index is -0.209. The molecule has 1 aliphatic heterocycles. The molecule has 1 aliphatic rings. The van der Waals surface area contributed by atoms with Gasteiger partial charge in [0.05, 0.1) is 6.10 Å². The molecule has 2 heterocycles. The predicted molar refractivity (Wildman–Crippen MR) is 79.7 cm³/mol. The van der Waals surface area contributed by atoms with Crippen LogP contribution in [0.15, 0.2) is 18.2 Å². The van der Waals surface area contributed by atoms with Gasteiger partial charge >= 0.3 is 0 Å². The van der Waals surface area contributed by atoms with Gasteiger partial charge in [0.25, 0.3) is 0 Å². The molecular weight excluding hydrogens is 268 g/mol. The second-order valence-electron chi connectivity index (χ2n) is 4.94. The fraction of sp³-hybridized carbons (Fsp3) is 0.500. The maximum Gasteiger partial charge on any atom is 0.225 e. The van der Waals surface area contributed by atoms with Gasteiger partial charge in [-0.3, -0.25) is 4.79 Å². The van der Waals surface area contributed by atoms with E-state index in [0.29, 0.717) is 17.9 Å². The van der Waals surface area contributed by atoms with Crippen molar-refractivity contribution < 1.29 is 14.6 Å². The van der Waals surface area contributed by atoms with Crippen molar-refractivity contribution >= 4 is 11.7 Å². The number of nitrogens with zero attached hydrogens (tertiary/aromatic N) is 1. The highest BCUT2D eigenvalue weighted by atomic mass is 16.5. The number of nitrogens with one attached hydrogen (secondary N) is 1. The van der Waals surface area contributed by atoms with Gasteiger partial charge in [-0.2, -0.15) is 0 Å². The van der Waals surface area contributed by atoms with E-state index in [1.54, 1.807) is 18.2 Å². The van der Waals surface area contributed by atoms with Crippen LogP contribution in [0.4, 0.5) is 5.82 Å². The third-order valence-corrected chi connectivity index (χ3v) is 3.28. The number of aromatic nitrogens is 1. The summed E-state index contributed by atoms with van der Waals surface area (Å²) in [6.07, 6.45) is 4.72. The lowest BCUT2D eigenvalue weighted by atomic mass is 10.0. The van der Waals surface area contributed by atoms with Gasteiger partial charge in [-0.1, -0.05) is 12.0 Å². The fourth-order valence-electron chi connectivity index (χ4n) is 2.24. The van der Waals surface area contributed by atoms with Crippen LogP contribution in [0, 0.1) is 11.8 Å². The Morgan fingerprint density at radius 1 is 1.48 bits per heavy atom. The molecule has 112 valence electrons. The summed E-state index contributed by atoms with van der Waals surface area (Å²) in [5, 5.41) is 11.4. The molecule has 2 rings (SSSR count). The smallest absolute Gasteiger partial charge is 0.225 e. The molecule has 0 aromatic carbocycles. The molecule has 1 aromatic rings. The third kappa shape index (κ3) is 5.54. The van der Waals surface area contributed by atoms with Crippen LogP contribution >= 0.6 is 0 Å². The maximum absolute atomic E-state index is 11.9. The summed E-state index contributed by atoms with van der Waals surface area (Å²) in [6.45, 7) is 0.596. The molecule has 0 radical (unpaired) electrons. The maximum atomic E-state index is 11.9. The summed E-state index contributed by atoms with van der Waals surface area (Å²) in [4.78, 5) is 16.1. The molecule has 1 aromatic heterocycles. The molecule has 1 unspecified atom stereocenters. The molecule has 0 saturated carbocycles. The quantitative estimate of drug-likeness (QED) is 0.827. The molecule has 5 nitrogen and oxygen atoms in total. The molecule has 0 bridgehead atoms. The van der Waals surface area contributed by atoms with E-state index in [1.807, 2.05) is 0 Å². The van der Waals surface area contributed by atoms with E-state index in [-0.39, 0.29) is 18.6 Å². The van der Waals surface area contributed by atoms with E-state index in [0.717, 1.165) is 25.9 Å². The van der Waals surface area contributed by atoms with Crippen LogP contribution in [0.3, 0.4) is 0 Å². The Morgan fingerprint density at radius 2 is 2.38 bits per heavy atom. The highest BCUT2D eigenvalue weighted by molar-refractivity contribution is 5.89. The summed E-state index contributed by atoms with van der Waals surface area (Å²) in [5.74, 6) is 5.65. The first-order chi connectivity index (χ1) is 10.3. The lowest BCUT2D eigenvalue weighted by Gasteiger charge is -2.22. The van der Waals surface area contributed by atoms with Crippen molar-refractivity contribution in [3.8, 4) is 11.8 Å². The lowest BCUT2D eigenvalue weighted by molar-refractivity contribution is -0.117. The van der Waals surface area contributed by atoms with Gasteiger partial charge in [0.1, 0.15) is 18.1 Å². The Morgan fingerprint density at radius 3 is 3.14 bits per heavy atom. The van der Waals surface area contributed by atoms with E-state index in [4.69, 9.17) is 9.84 Å². The molecule has 21 heavy (non-hydrogen) atoms. The Hall–Kier alpha value is -1.90. The number of amides is 1.